The number of carbonyl (C=O) groups is 2. The molecule has 1 fully saturated rings. The summed E-state index contributed by atoms with van der Waals surface area (Å²) in [5.74, 6) is 0.682. The van der Waals surface area contributed by atoms with Gasteiger partial charge < -0.3 is 15.5 Å². The summed E-state index contributed by atoms with van der Waals surface area (Å²) in [5.41, 5.74) is 3.84. The van der Waals surface area contributed by atoms with E-state index in [1.54, 1.807) is 25.2 Å². The Balaban J connectivity index is 1.53. The molecule has 3 rings (SSSR count). The number of hydrogen-bond donors (Lipinski definition) is 2. The van der Waals surface area contributed by atoms with E-state index in [1.807, 2.05) is 6.07 Å². The standard InChI is InChI=1S/C20H23N3O2/c1-14(24)23(2)19-5-3-4-18(12-19)22-20(25)21-13-15-6-8-16(9-7-15)17-10-11-17/h3-9,12,17H,10-11,13H2,1-2H3,(H2,21,22,25). The molecule has 0 heterocycles. The van der Waals surface area contributed by atoms with E-state index in [1.165, 1.54) is 30.2 Å². The molecule has 2 N–H and O–H groups in total. The monoisotopic (exact) mass is 337 g/mol. The van der Waals surface area contributed by atoms with Crippen molar-refractivity contribution in [3.8, 4) is 0 Å². The van der Waals surface area contributed by atoms with Gasteiger partial charge in [0.05, 0.1) is 0 Å². The fourth-order valence-electron chi connectivity index (χ4n) is 2.66. The molecular formula is C20H23N3O2. The summed E-state index contributed by atoms with van der Waals surface area (Å²) in [5, 5.41) is 5.65. The molecule has 2 aromatic carbocycles. The molecule has 2 aromatic rings. The van der Waals surface area contributed by atoms with E-state index in [0.717, 1.165) is 17.2 Å². The molecule has 0 aliphatic heterocycles. The summed E-state index contributed by atoms with van der Waals surface area (Å²) in [6.07, 6.45) is 2.58. The molecule has 1 aliphatic rings. The van der Waals surface area contributed by atoms with Crippen molar-refractivity contribution in [1.82, 2.24) is 5.32 Å². The van der Waals surface area contributed by atoms with Gasteiger partial charge in [0.2, 0.25) is 5.91 Å². The first kappa shape index (κ1) is 17.0. The highest BCUT2D eigenvalue weighted by Crippen LogP contribution is 2.39. The Morgan fingerprint density at radius 2 is 1.84 bits per heavy atom. The minimum Gasteiger partial charge on any atom is -0.334 e. The summed E-state index contributed by atoms with van der Waals surface area (Å²) in [6.45, 7) is 1.98. The number of hydrogen-bond acceptors (Lipinski definition) is 2. The first-order valence-electron chi connectivity index (χ1n) is 8.51. The largest absolute Gasteiger partial charge is 0.334 e. The molecule has 0 aromatic heterocycles. The SMILES string of the molecule is CC(=O)N(C)c1cccc(NC(=O)NCc2ccc(C3CC3)cc2)c1. The maximum atomic E-state index is 12.1. The maximum Gasteiger partial charge on any atom is 0.319 e. The second-order valence-electron chi connectivity index (χ2n) is 6.45. The van der Waals surface area contributed by atoms with Gasteiger partial charge in [0, 0.05) is 31.9 Å². The van der Waals surface area contributed by atoms with Crippen LogP contribution in [0.3, 0.4) is 0 Å². The number of anilines is 2. The average molecular weight is 337 g/mol. The van der Waals surface area contributed by atoms with Crippen LogP contribution in [-0.4, -0.2) is 19.0 Å². The van der Waals surface area contributed by atoms with Gasteiger partial charge in [0.1, 0.15) is 0 Å². The first-order chi connectivity index (χ1) is 12.0. The number of amides is 3. The summed E-state index contributed by atoms with van der Waals surface area (Å²) >= 11 is 0. The Bertz CT molecular complexity index is 767. The number of benzene rings is 2. The van der Waals surface area contributed by atoms with Crippen LogP contribution in [0.2, 0.25) is 0 Å². The molecular weight excluding hydrogens is 314 g/mol. The average Bonchev–Trinajstić information content (AvgIpc) is 3.45. The minimum absolute atomic E-state index is 0.0590. The fraction of sp³-hybridized carbons (Fsp3) is 0.300. The first-order valence-corrected chi connectivity index (χ1v) is 8.51. The van der Waals surface area contributed by atoms with Crippen molar-refractivity contribution in [2.75, 3.05) is 17.3 Å². The van der Waals surface area contributed by atoms with Crippen molar-refractivity contribution in [3.63, 3.8) is 0 Å². The lowest BCUT2D eigenvalue weighted by Gasteiger charge is -2.16. The molecule has 0 spiro atoms. The third kappa shape index (κ3) is 4.59. The molecule has 0 unspecified atom stereocenters. The van der Waals surface area contributed by atoms with Crippen LogP contribution in [-0.2, 0) is 11.3 Å². The quantitative estimate of drug-likeness (QED) is 0.870. The van der Waals surface area contributed by atoms with E-state index in [4.69, 9.17) is 0 Å². The Morgan fingerprint density at radius 3 is 2.48 bits per heavy atom. The van der Waals surface area contributed by atoms with Crippen LogP contribution in [0.5, 0.6) is 0 Å². The van der Waals surface area contributed by atoms with Crippen molar-refractivity contribution < 1.29 is 9.59 Å². The molecule has 0 bridgehead atoms. The Morgan fingerprint density at radius 1 is 1.12 bits per heavy atom. The second-order valence-corrected chi connectivity index (χ2v) is 6.45. The van der Waals surface area contributed by atoms with Gasteiger partial charge in [-0.05, 0) is 48.1 Å². The number of carbonyl (C=O) groups excluding carboxylic acids is 2. The smallest absolute Gasteiger partial charge is 0.319 e. The molecule has 0 radical (unpaired) electrons. The van der Waals surface area contributed by atoms with Crippen molar-refractivity contribution in [2.45, 2.75) is 32.2 Å². The molecule has 130 valence electrons. The Hall–Kier alpha value is -2.82. The topological polar surface area (TPSA) is 61.4 Å². The zero-order chi connectivity index (χ0) is 17.8. The normalized spacial score (nSPS) is 13.2. The number of rotatable bonds is 5. The summed E-state index contributed by atoms with van der Waals surface area (Å²) in [4.78, 5) is 25.0. The van der Waals surface area contributed by atoms with Crippen LogP contribution in [0.1, 0.15) is 36.8 Å². The van der Waals surface area contributed by atoms with E-state index in [2.05, 4.69) is 34.9 Å². The summed E-state index contributed by atoms with van der Waals surface area (Å²) < 4.78 is 0. The molecule has 3 amide bonds. The molecule has 5 nitrogen and oxygen atoms in total. The highest BCUT2D eigenvalue weighted by Gasteiger charge is 2.22. The second kappa shape index (κ2) is 7.38. The van der Waals surface area contributed by atoms with Crippen molar-refractivity contribution in [1.29, 1.82) is 0 Å². The number of urea groups is 1. The van der Waals surface area contributed by atoms with Gasteiger partial charge in [-0.1, -0.05) is 30.3 Å². The van der Waals surface area contributed by atoms with Gasteiger partial charge in [-0.3, -0.25) is 4.79 Å². The maximum absolute atomic E-state index is 12.1. The molecule has 1 aliphatic carbocycles. The van der Waals surface area contributed by atoms with Gasteiger partial charge in [0.15, 0.2) is 0 Å². The highest BCUT2D eigenvalue weighted by molar-refractivity contribution is 5.93. The van der Waals surface area contributed by atoms with Crippen LogP contribution in [0.25, 0.3) is 0 Å². The zero-order valence-corrected chi connectivity index (χ0v) is 14.6. The van der Waals surface area contributed by atoms with Crippen LogP contribution < -0.4 is 15.5 Å². The van der Waals surface area contributed by atoms with Gasteiger partial charge in [-0.15, -0.1) is 0 Å². The minimum atomic E-state index is -0.270. The molecule has 1 saturated carbocycles. The Labute approximate surface area is 148 Å². The Kier molecular flexibility index (Phi) is 5.03. The molecule has 0 atom stereocenters. The molecule has 0 saturated heterocycles. The molecule has 25 heavy (non-hydrogen) atoms. The van der Waals surface area contributed by atoms with Crippen molar-refractivity contribution >= 4 is 23.3 Å². The van der Waals surface area contributed by atoms with E-state index in [0.29, 0.717) is 12.2 Å². The lowest BCUT2D eigenvalue weighted by molar-refractivity contribution is -0.116. The fourth-order valence-corrected chi connectivity index (χ4v) is 2.66. The van der Waals surface area contributed by atoms with Gasteiger partial charge in [-0.2, -0.15) is 0 Å². The van der Waals surface area contributed by atoms with Gasteiger partial charge >= 0.3 is 6.03 Å². The number of nitrogens with one attached hydrogen (secondary N) is 2. The van der Waals surface area contributed by atoms with Crippen molar-refractivity contribution in [3.05, 3.63) is 59.7 Å². The van der Waals surface area contributed by atoms with Crippen LogP contribution in [0, 0.1) is 0 Å². The van der Waals surface area contributed by atoms with E-state index < -0.39 is 0 Å². The summed E-state index contributed by atoms with van der Waals surface area (Å²) in [6, 6.07) is 15.3. The summed E-state index contributed by atoms with van der Waals surface area (Å²) in [7, 11) is 1.70. The number of nitrogens with zero attached hydrogens (tertiary/aromatic N) is 1. The van der Waals surface area contributed by atoms with E-state index in [-0.39, 0.29) is 11.9 Å². The molecule has 5 heteroatoms. The van der Waals surface area contributed by atoms with E-state index >= 15 is 0 Å². The predicted octanol–water partition coefficient (Wildman–Crippen LogP) is 3.87. The van der Waals surface area contributed by atoms with Gasteiger partial charge in [0.25, 0.3) is 0 Å². The van der Waals surface area contributed by atoms with Crippen molar-refractivity contribution in [2.24, 2.45) is 0 Å². The predicted molar refractivity (Wildman–Crippen MR) is 99.8 cm³/mol. The van der Waals surface area contributed by atoms with Crippen LogP contribution in [0.4, 0.5) is 16.2 Å². The van der Waals surface area contributed by atoms with Gasteiger partial charge in [-0.25, -0.2) is 4.79 Å². The van der Waals surface area contributed by atoms with E-state index in [9.17, 15) is 9.59 Å². The lowest BCUT2D eigenvalue weighted by Crippen LogP contribution is -2.28. The third-order valence-corrected chi connectivity index (χ3v) is 4.45. The van der Waals surface area contributed by atoms with Crippen LogP contribution >= 0.6 is 0 Å². The highest BCUT2D eigenvalue weighted by atomic mass is 16.2. The van der Waals surface area contributed by atoms with Crippen LogP contribution in [0.15, 0.2) is 48.5 Å². The zero-order valence-electron chi connectivity index (χ0n) is 14.6. The lowest BCUT2D eigenvalue weighted by atomic mass is 10.1. The third-order valence-electron chi connectivity index (χ3n) is 4.45.